The van der Waals surface area contributed by atoms with Gasteiger partial charge in [0.05, 0.1) is 7.11 Å². The van der Waals surface area contributed by atoms with Gasteiger partial charge in [0.1, 0.15) is 0 Å². The zero-order valence-electron chi connectivity index (χ0n) is 12.6. The topological polar surface area (TPSA) is 35.2 Å². The molecular weight excluding hydrogens is 265 g/mol. The van der Waals surface area contributed by atoms with Crippen molar-refractivity contribution in [1.82, 2.24) is 0 Å². The zero-order valence-corrected chi connectivity index (χ0v) is 12.6. The van der Waals surface area contributed by atoms with Crippen molar-refractivity contribution in [3.8, 4) is 5.75 Å². The van der Waals surface area contributed by atoms with Gasteiger partial charge in [0.15, 0.2) is 11.6 Å². The molecule has 2 N–H and O–H groups in total. The van der Waals surface area contributed by atoms with E-state index in [2.05, 4.69) is 6.92 Å². The lowest BCUT2D eigenvalue weighted by molar-refractivity contribution is 0.382. The number of hydrogen-bond donors (Lipinski definition) is 1. The molecular formula is C18H22FNO. The Bertz CT molecular complexity index is 585. The van der Waals surface area contributed by atoms with Crippen LogP contribution in [0.5, 0.6) is 5.75 Å². The van der Waals surface area contributed by atoms with E-state index in [0.717, 1.165) is 24.0 Å². The van der Waals surface area contributed by atoms with Gasteiger partial charge >= 0.3 is 0 Å². The molecule has 0 fully saturated rings. The summed E-state index contributed by atoms with van der Waals surface area (Å²) in [6.07, 6.45) is 2.43. The number of benzene rings is 2. The highest BCUT2D eigenvalue weighted by molar-refractivity contribution is 5.33. The molecule has 21 heavy (non-hydrogen) atoms. The van der Waals surface area contributed by atoms with Crippen molar-refractivity contribution in [2.75, 3.05) is 7.11 Å². The lowest BCUT2D eigenvalue weighted by Crippen LogP contribution is -2.39. The summed E-state index contributed by atoms with van der Waals surface area (Å²) >= 11 is 0. The van der Waals surface area contributed by atoms with Gasteiger partial charge < -0.3 is 10.5 Å². The molecule has 0 aliphatic carbocycles. The first kappa shape index (κ1) is 15.5. The quantitative estimate of drug-likeness (QED) is 0.870. The van der Waals surface area contributed by atoms with Crippen LogP contribution < -0.4 is 10.5 Å². The van der Waals surface area contributed by atoms with E-state index in [1.54, 1.807) is 6.07 Å². The Morgan fingerprint density at radius 3 is 2.43 bits per heavy atom. The summed E-state index contributed by atoms with van der Waals surface area (Å²) in [5.74, 6) is -0.0847. The second kappa shape index (κ2) is 6.72. The molecule has 0 amide bonds. The monoisotopic (exact) mass is 287 g/mol. The Labute approximate surface area is 125 Å². The van der Waals surface area contributed by atoms with E-state index in [1.165, 1.54) is 13.2 Å². The van der Waals surface area contributed by atoms with E-state index in [1.807, 2.05) is 36.4 Å². The molecule has 2 nitrogen and oxygen atoms in total. The molecule has 2 aromatic carbocycles. The van der Waals surface area contributed by atoms with Crippen LogP contribution in [-0.2, 0) is 12.0 Å². The van der Waals surface area contributed by atoms with E-state index < -0.39 is 5.54 Å². The van der Waals surface area contributed by atoms with Crippen LogP contribution in [0.1, 0.15) is 30.9 Å². The maximum absolute atomic E-state index is 13.8. The lowest BCUT2D eigenvalue weighted by atomic mass is 9.81. The van der Waals surface area contributed by atoms with Gasteiger partial charge in [-0.15, -0.1) is 0 Å². The van der Waals surface area contributed by atoms with Crippen molar-refractivity contribution in [2.45, 2.75) is 31.7 Å². The predicted octanol–water partition coefficient (Wildman–Crippen LogP) is 4.03. The molecule has 1 atom stereocenters. The van der Waals surface area contributed by atoms with Gasteiger partial charge in [0.2, 0.25) is 0 Å². The maximum atomic E-state index is 13.8. The van der Waals surface area contributed by atoms with Crippen molar-refractivity contribution in [3.63, 3.8) is 0 Å². The lowest BCUT2D eigenvalue weighted by Gasteiger charge is -2.30. The average molecular weight is 287 g/mol. The summed E-state index contributed by atoms with van der Waals surface area (Å²) in [6, 6.07) is 15.1. The molecule has 0 aliphatic rings. The number of methoxy groups -OCH3 is 1. The smallest absolute Gasteiger partial charge is 0.165 e. The Hall–Kier alpha value is -1.87. The van der Waals surface area contributed by atoms with E-state index in [9.17, 15) is 4.39 Å². The van der Waals surface area contributed by atoms with E-state index >= 15 is 0 Å². The SMILES string of the molecule is CCCC(N)(Cc1ccc(OC)c(F)c1)c1ccccc1. The fraction of sp³-hybridized carbons (Fsp3) is 0.333. The molecule has 2 rings (SSSR count). The van der Waals surface area contributed by atoms with Crippen LogP contribution in [0.15, 0.2) is 48.5 Å². The van der Waals surface area contributed by atoms with Gasteiger partial charge in [-0.05, 0) is 36.1 Å². The van der Waals surface area contributed by atoms with Gasteiger partial charge in [0.25, 0.3) is 0 Å². The predicted molar refractivity (Wildman–Crippen MR) is 83.9 cm³/mol. The Morgan fingerprint density at radius 2 is 1.86 bits per heavy atom. The minimum atomic E-state index is -0.475. The second-order valence-corrected chi connectivity index (χ2v) is 5.42. The van der Waals surface area contributed by atoms with Crippen molar-refractivity contribution < 1.29 is 9.13 Å². The number of hydrogen-bond acceptors (Lipinski definition) is 2. The number of ether oxygens (including phenoxy) is 1. The first-order valence-electron chi connectivity index (χ1n) is 7.26. The summed E-state index contributed by atoms with van der Waals surface area (Å²) in [4.78, 5) is 0. The van der Waals surface area contributed by atoms with Gasteiger partial charge in [0, 0.05) is 5.54 Å². The third kappa shape index (κ3) is 3.61. The normalized spacial score (nSPS) is 13.7. The van der Waals surface area contributed by atoms with Crippen molar-refractivity contribution in [3.05, 3.63) is 65.5 Å². The summed E-state index contributed by atoms with van der Waals surface area (Å²) < 4.78 is 18.8. The molecule has 1 unspecified atom stereocenters. The molecule has 0 heterocycles. The molecule has 3 heteroatoms. The zero-order chi connectivity index (χ0) is 15.3. The van der Waals surface area contributed by atoms with Crippen LogP contribution in [-0.4, -0.2) is 7.11 Å². The van der Waals surface area contributed by atoms with E-state index in [-0.39, 0.29) is 11.6 Å². The standard InChI is InChI=1S/C18H22FNO/c1-3-11-18(20,15-7-5-4-6-8-15)13-14-9-10-17(21-2)16(19)12-14/h4-10,12H,3,11,13,20H2,1-2H3. The van der Waals surface area contributed by atoms with Crippen molar-refractivity contribution in [1.29, 1.82) is 0 Å². The van der Waals surface area contributed by atoms with Crippen LogP contribution in [0.3, 0.4) is 0 Å². The molecule has 0 saturated carbocycles. The first-order valence-corrected chi connectivity index (χ1v) is 7.26. The molecule has 0 aromatic heterocycles. The molecule has 112 valence electrons. The number of nitrogens with two attached hydrogens (primary N) is 1. The van der Waals surface area contributed by atoms with Crippen molar-refractivity contribution in [2.24, 2.45) is 5.73 Å². The Balaban J connectivity index is 2.30. The highest BCUT2D eigenvalue weighted by atomic mass is 19.1. The summed E-state index contributed by atoms with van der Waals surface area (Å²) in [5, 5.41) is 0. The maximum Gasteiger partial charge on any atom is 0.165 e. The Kier molecular flexibility index (Phi) is 4.97. The van der Waals surface area contributed by atoms with Crippen LogP contribution in [0.25, 0.3) is 0 Å². The van der Waals surface area contributed by atoms with Gasteiger partial charge in [-0.1, -0.05) is 49.7 Å². The third-order valence-electron chi connectivity index (χ3n) is 3.78. The van der Waals surface area contributed by atoms with Crippen LogP contribution in [0.2, 0.25) is 0 Å². The number of halogens is 1. The first-order chi connectivity index (χ1) is 10.1. The van der Waals surface area contributed by atoms with Crippen LogP contribution in [0.4, 0.5) is 4.39 Å². The average Bonchev–Trinajstić information content (AvgIpc) is 2.48. The highest BCUT2D eigenvalue weighted by Crippen LogP contribution is 2.29. The van der Waals surface area contributed by atoms with Gasteiger partial charge in [-0.25, -0.2) is 4.39 Å². The van der Waals surface area contributed by atoms with Crippen molar-refractivity contribution >= 4 is 0 Å². The molecule has 0 aliphatic heterocycles. The summed E-state index contributed by atoms with van der Waals surface area (Å²) in [6.45, 7) is 2.11. The largest absolute Gasteiger partial charge is 0.494 e. The minimum Gasteiger partial charge on any atom is -0.494 e. The molecule has 0 radical (unpaired) electrons. The fourth-order valence-electron chi connectivity index (χ4n) is 2.74. The minimum absolute atomic E-state index is 0.261. The fourth-order valence-corrected chi connectivity index (χ4v) is 2.74. The number of rotatable bonds is 6. The van der Waals surface area contributed by atoms with Gasteiger partial charge in [-0.2, -0.15) is 0 Å². The third-order valence-corrected chi connectivity index (χ3v) is 3.78. The molecule has 2 aromatic rings. The van der Waals surface area contributed by atoms with Crippen LogP contribution in [0, 0.1) is 5.82 Å². The van der Waals surface area contributed by atoms with Gasteiger partial charge in [-0.3, -0.25) is 0 Å². The molecule has 0 saturated heterocycles. The van der Waals surface area contributed by atoms with Crippen LogP contribution >= 0.6 is 0 Å². The van der Waals surface area contributed by atoms with E-state index in [4.69, 9.17) is 10.5 Å². The highest BCUT2D eigenvalue weighted by Gasteiger charge is 2.26. The second-order valence-electron chi connectivity index (χ2n) is 5.42. The molecule has 0 spiro atoms. The Morgan fingerprint density at radius 1 is 1.14 bits per heavy atom. The van der Waals surface area contributed by atoms with E-state index in [0.29, 0.717) is 6.42 Å². The molecule has 0 bridgehead atoms. The summed E-state index contributed by atoms with van der Waals surface area (Å²) in [7, 11) is 1.46. The summed E-state index contributed by atoms with van der Waals surface area (Å²) in [5.41, 5.74) is 8.12.